The lowest BCUT2D eigenvalue weighted by Gasteiger charge is -2.35. The van der Waals surface area contributed by atoms with Gasteiger partial charge in [0.15, 0.2) is 0 Å². The molecule has 0 atom stereocenters. The molecule has 20 heavy (non-hydrogen) atoms. The number of carbonyl (C=O) groups excluding carboxylic acids is 1. The number of amides is 1. The minimum atomic E-state index is 0.0477. The molecule has 0 unspecified atom stereocenters. The molecule has 1 amide bonds. The summed E-state index contributed by atoms with van der Waals surface area (Å²) in [7, 11) is 0. The number of hydrogen-bond acceptors (Lipinski definition) is 4. The van der Waals surface area contributed by atoms with Gasteiger partial charge in [-0.2, -0.15) is 0 Å². The molecule has 5 nitrogen and oxygen atoms in total. The van der Waals surface area contributed by atoms with Crippen LogP contribution in [-0.2, 0) is 0 Å². The van der Waals surface area contributed by atoms with Gasteiger partial charge in [0.2, 0.25) is 0 Å². The van der Waals surface area contributed by atoms with Crippen molar-refractivity contribution in [2.45, 2.75) is 20.8 Å². The first-order valence-electron chi connectivity index (χ1n) is 7.21. The molecule has 2 rings (SSSR count). The Morgan fingerprint density at radius 2 is 2.00 bits per heavy atom. The summed E-state index contributed by atoms with van der Waals surface area (Å²) in [6.07, 6.45) is 1.59. The summed E-state index contributed by atoms with van der Waals surface area (Å²) in [6.45, 7) is 10.8. The number of piperazine rings is 1. The zero-order valence-corrected chi connectivity index (χ0v) is 12.6. The average molecular weight is 276 g/mol. The second-order valence-electron chi connectivity index (χ2n) is 5.89. The number of hydrogen-bond donors (Lipinski definition) is 1. The van der Waals surface area contributed by atoms with Crippen molar-refractivity contribution >= 4 is 11.6 Å². The summed E-state index contributed by atoms with van der Waals surface area (Å²) in [4.78, 5) is 21.0. The fourth-order valence-electron chi connectivity index (χ4n) is 2.59. The zero-order chi connectivity index (χ0) is 14.7. The summed E-state index contributed by atoms with van der Waals surface area (Å²) in [5, 5.41) is 0. The van der Waals surface area contributed by atoms with E-state index in [4.69, 9.17) is 5.73 Å². The highest BCUT2D eigenvalue weighted by Gasteiger charge is 2.23. The molecule has 0 aromatic carbocycles. The van der Waals surface area contributed by atoms with Gasteiger partial charge in [-0.05, 0) is 18.9 Å². The van der Waals surface area contributed by atoms with Crippen LogP contribution in [0.2, 0.25) is 0 Å². The summed E-state index contributed by atoms with van der Waals surface area (Å²) >= 11 is 0. The number of nitrogens with zero attached hydrogens (tertiary/aromatic N) is 3. The summed E-state index contributed by atoms with van der Waals surface area (Å²) in [5.74, 6) is 0.712. The lowest BCUT2D eigenvalue weighted by Crippen LogP contribution is -2.49. The third-order valence-corrected chi connectivity index (χ3v) is 3.62. The number of nitrogens with two attached hydrogens (primary N) is 1. The van der Waals surface area contributed by atoms with Gasteiger partial charge in [-0.15, -0.1) is 0 Å². The van der Waals surface area contributed by atoms with E-state index in [9.17, 15) is 4.79 Å². The predicted octanol–water partition coefficient (Wildman–Crippen LogP) is 1.39. The van der Waals surface area contributed by atoms with Gasteiger partial charge in [-0.25, -0.2) is 0 Å². The van der Waals surface area contributed by atoms with E-state index in [1.807, 2.05) is 11.8 Å². The number of nitrogen functional groups attached to an aromatic ring is 1. The van der Waals surface area contributed by atoms with Crippen molar-refractivity contribution < 1.29 is 4.79 Å². The number of anilines is 1. The Bertz CT molecular complexity index is 479. The number of rotatable bonds is 3. The van der Waals surface area contributed by atoms with Gasteiger partial charge >= 0.3 is 0 Å². The van der Waals surface area contributed by atoms with Crippen LogP contribution < -0.4 is 5.73 Å². The summed E-state index contributed by atoms with van der Waals surface area (Å²) < 4.78 is 0. The molecule has 0 bridgehead atoms. The third-order valence-electron chi connectivity index (χ3n) is 3.62. The Labute approximate surface area is 120 Å². The van der Waals surface area contributed by atoms with E-state index in [1.54, 1.807) is 12.3 Å². The monoisotopic (exact) mass is 276 g/mol. The molecule has 1 saturated heterocycles. The molecular weight excluding hydrogens is 252 g/mol. The minimum absolute atomic E-state index is 0.0477. The zero-order valence-electron chi connectivity index (χ0n) is 12.6. The van der Waals surface area contributed by atoms with Crippen LogP contribution in [-0.4, -0.2) is 53.4 Å². The molecule has 1 aliphatic heterocycles. The maximum atomic E-state index is 12.5. The Morgan fingerprint density at radius 1 is 1.35 bits per heavy atom. The van der Waals surface area contributed by atoms with Crippen LogP contribution in [0, 0.1) is 12.8 Å². The molecule has 1 aliphatic rings. The van der Waals surface area contributed by atoms with Crippen LogP contribution in [0.25, 0.3) is 0 Å². The van der Waals surface area contributed by atoms with Crippen molar-refractivity contribution in [2.75, 3.05) is 38.5 Å². The van der Waals surface area contributed by atoms with Crippen molar-refractivity contribution in [3.8, 4) is 0 Å². The van der Waals surface area contributed by atoms with Gasteiger partial charge in [0, 0.05) is 32.7 Å². The van der Waals surface area contributed by atoms with E-state index in [1.165, 1.54) is 0 Å². The van der Waals surface area contributed by atoms with Crippen LogP contribution in [0.1, 0.15) is 29.9 Å². The molecule has 1 aromatic rings. The number of aryl methyl sites for hydroxylation is 1. The Kier molecular flexibility index (Phi) is 4.60. The predicted molar refractivity (Wildman–Crippen MR) is 80.6 cm³/mol. The Hall–Kier alpha value is -1.62. The number of pyridine rings is 1. The van der Waals surface area contributed by atoms with E-state index in [0.717, 1.165) is 38.4 Å². The second kappa shape index (κ2) is 6.22. The van der Waals surface area contributed by atoms with Crippen LogP contribution in [0.4, 0.5) is 5.69 Å². The molecule has 0 radical (unpaired) electrons. The van der Waals surface area contributed by atoms with Gasteiger partial charge in [-0.1, -0.05) is 13.8 Å². The first-order chi connectivity index (χ1) is 9.47. The van der Waals surface area contributed by atoms with E-state index < -0.39 is 0 Å². The molecule has 0 saturated carbocycles. The highest BCUT2D eigenvalue weighted by Crippen LogP contribution is 2.14. The average Bonchev–Trinajstić information content (AvgIpc) is 2.41. The summed E-state index contributed by atoms with van der Waals surface area (Å²) in [5.41, 5.74) is 7.64. The minimum Gasteiger partial charge on any atom is -0.397 e. The fourth-order valence-corrected chi connectivity index (χ4v) is 2.59. The van der Waals surface area contributed by atoms with Gasteiger partial charge in [0.25, 0.3) is 5.91 Å². The first-order valence-corrected chi connectivity index (χ1v) is 7.21. The van der Waals surface area contributed by atoms with Crippen molar-refractivity contribution in [1.29, 1.82) is 0 Å². The van der Waals surface area contributed by atoms with Gasteiger partial charge in [-0.3, -0.25) is 14.7 Å². The van der Waals surface area contributed by atoms with E-state index >= 15 is 0 Å². The van der Waals surface area contributed by atoms with Gasteiger partial charge in [0.05, 0.1) is 23.1 Å². The maximum Gasteiger partial charge on any atom is 0.255 e. The van der Waals surface area contributed by atoms with Crippen molar-refractivity contribution in [2.24, 2.45) is 5.92 Å². The van der Waals surface area contributed by atoms with Crippen molar-refractivity contribution in [3.63, 3.8) is 0 Å². The molecule has 0 aliphatic carbocycles. The van der Waals surface area contributed by atoms with Crippen LogP contribution in [0.5, 0.6) is 0 Å². The lowest BCUT2D eigenvalue weighted by molar-refractivity contribution is 0.0622. The SMILES string of the molecule is Cc1ncc(N)cc1C(=O)N1CCN(CC(C)C)CC1. The molecule has 5 heteroatoms. The molecule has 1 fully saturated rings. The highest BCUT2D eigenvalue weighted by molar-refractivity contribution is 5.96. The van der Waals surface area contributed by atoms with Crippen molar-refractivity contribution in [1.82, 2.24) is 14.8 Å². The van der Waals surface area contributed by atoms with Crippen LogP contribution in [0.15, 0.2) is 12.3 Å². The number of aromatic nitrogens is 1. The highest BCUT2D eigenvalue weighted by atomic mass is 16.2. The molecule has 110 valence electrons. The molecule has 2 N–H and O–H groups in total. The first kappa shape index (κ1) is 14.8. The maximum absolute atomic E-state index is 12.5. The normalized spacial score (nSPS) is 16.7. The fraction of sp³-hybridized carbons (Fsp3) is 0.600. The standard InChI is InChI=1S/C15H24N4O/c1-11(2)10-18-4-6-19(7-5-18)15(20)14-8-13(16)9-17-12(14)3/h8-9,11H,4-7,10,16H2,1-3H3. The lowest BCUT2D eigenvalue weighted by atomic mass is 10.1. The molecule has 1 aromatic heterocycles. The van der Waals surface area contributed by atoms with E-state index in [0.29, 0.717) is 17.2 Å². The van der Waals surface area contributed by atoms with Gasteiger partial charge < -0.3 is 10.6 Å². The van der Waals surface area contributed by atoms with E-state index in [2.05, 4.69) is 23.7 Å². The Balaban J connectivity index is 2.00. The largest absolute Gasteiger partial charge is 0.397 e. The Morgan fingerprint density at radius 3 is 2.60 bits per heavy atom. The van der Waals surface area contributed by atoms with Crippen molar-refractivity contribution in [3.05, 3.63) is 23.5 Å². The topological polar surface area (TPSA) is 62.5 Å². The van der Waals surface area contributed by atoms with E-state index in [-0.39, 0.29) is 5.91 Å². The van der Waals surface area contributed by atoms with Crippen LogP contribution in [0.3, 0.4) is 0 Å². The van der Waals surface area contributed by atoms with Gasteiger partial charge in [0.1, 0.15) is 0 Å². The molecule has 0 spiro atoms. The smallest absolute Gasteiger partial charge is 0.255 e. The second-order valence-corrected chi connectivity index (χ2v) is 5.89. The third kappa shape index (κ3) is 3.48. The molecular formula is C15H24N4O. The quantitative estimate of drug-likeness (QED) is 0.906. The number of carbonyl (C=O) groups is 1. The summed E-state index contributed by atoms with van der Waals surface area (Å²) in [6, 6.07) is 1.73. The molecule has 2 heterocycles. The van der Waals surface area contributed by atoms with Crippen LogP contribution >= 0.6 is 0 Å².